The fourth-order valence-corrected chi connectivity index (χ4v) is 5.34. The zero-order valence-corrected chi connectivity index (χ0v) is 29.7. The molecule has 11 heteroatoms. The highest BCUT2D eigenvalue weighted by atomic mass is 16.6. The SMILES string of the molecule is CNC(=O)Oc1cc(C[C@H](NC(=O)[C@@H](N)Cc2ccc(OCc3ccccc3)c(OCc3ccccc3)c2)C(=O)OC)ccc1OCc1ccccc1. The van der Waals surface area contributed by atoms with Crippen LogP contribution in [0.25, 0.3) is 0 Å². The van der Waals surface area contributed by atoms with Gasteiger partial charge in [0.15, 0.2) is 23.0 Å². The maximum absolute atomic E-state index is 13.4. The normalized spacial score (nSPS) is 11.8. The van der Waals surface area contributed by atoms with E-state index >= 15 is 0 Å². The highest BCUT2D eigenvalue weighted by Gasteiger charge is 2.26. The van der Waals surface area contributed by atoms with Gasteiger partial charge < -0.3 is 40.1 Å². The van der Waals surface area contributed by atoms with Gasteiger partial charge in [-0.25, -0.2) is 9.59 Å². The Kier molecular flexibility index (Phi) is 13.8. The van der Waals surface area contributed by atoms with Gasteiger partial charge in [-0.3, -0.25) is 4.79 Å². The molecule has 5 aromatic rings. The van der Waals surface area contributed by atoms with E-state index in [1.807, 2.05) is 103 Å². The largest absolute Gasteiger partial charge is 0.485 e. The molecule has 0 heterocycles. The monoisotopic (exact) mass is 717 g/mol. The van der Waals surface area contributed by atoms with Crippen LogP contribution in [-0.4, -0.2) is 44.2 Å². The molecule has 0 fully saturated rings. The number of methoxy groups -OCH3 is 1. The molecule has 2 atom stereocenters. The average Bonchev–Trinajstić information content (AvgIpc) is 3.19. The van der Waals surface area contributed by atoms with Crippen molar-refractivity contribution in [3.63, 3.8) is 0 Å². The first-order valence-corrected chi connectivity index (χ1v) is 17.1. The summed E-state index contributed by atoms with van der Waals surface area (Å²) >= 11 is 0. The number of carbonyl (C=O) groups excluding carboxylic acids is 3. The fourth-order valence-electron chi connectivity index (χ4n) is 5.34. The molecule has 0 unspecified atom stereocenters. The molecule has 5 rings (SSSR count). The number of rotatable bonds is 17. The molecular weight excluding hydrogens is 674 g/mol. The highest BCUT2D eigenvalue weighted by Crippen LogP contribution is 2.32. The summed E-state index contributed by atoms with van der Waals surface area (Å²) in [6, 6.07) is 37.4. The van der Waals surface area contributed by atoms with E-state index < -0.39 is 30.1 Å². The lowest BCUT2D eigenvalue weighted by Crippen LogP contribution is -2.50. The number of carbonyl (C=O) groups is 3. The standard InChI is InChI=1S/C42H43N3O8/c1-44-42(48)53-39-25-33(19-21-37(39)51-27-30-14-8-4-9-15-30)23-35(41(47)49-2)45-40(46)34(43)22-32-18-20-36(50-26-29-12-6-3-7-13-29)38(24-32)52-28-31-16-10-5-11-17-31/h3-21,24-25,34-35H,22-23,26-28,43H2,1-2H3,(H,44,48)(H,45,46)/t34-,35-/m0/s1. The Morgan fingerprint density at radius 1 is 0.585 bits per heavy atom. The maximum atomic E-state index is 13.4. The minimum Gasteiger partial charge on any atom is -0.485 e. The quantitative estimate of drug-likeness (QED) is 0.0999. The third-order valence-electron chi connectivity index (χ3n) is 8.17. The van der Waals surface area contributed by atoms with Crippen molar-refractivity contribution in [1.82, 2.24) is 10.6 Å². The van der Waals surface area contributed by atoms with Gasteiger partial charge in [0.2, 0.25) is 5.91 Å². The summed E-state index contributed by atoms with van der Waals surface area (Å²) < 4.78 is 28.7. The second-order valence-electron chi connectivity index (χ2n) is 12.1. The molecule has 274 valence electrons. The summed E-state index contributed by atoms with van der Waals surface area (Å²) in [5, 5.41) is 5.15. The van der Waals surface area contributed by atoms with E-state index in [0.29, 0.717) is 36.0 Å². The molecular formula is C42H43N3O8. The van der Waals surface area contributed by atoms with E-state index in [9.17, 15) is 14.4 Å². The summed E-state index contributed by atoms with van der Waals surface area (Å²) in [7, 11) is 2.68. The number of nitrogens with two attached hydrogens (primary N) is 1. The van der Waals surface area contributed by atoms with E-state index in [2.05, 4.69) is 10.6 Å². The van der Waals surface area contributed by atoms with Crippen molar-refractivity contribution in [3.05, 3.63) is 155 Å². The molecule has 11 nitrogen and oxygen atoms in total. The smallest absolute Gasteiger partial charge is 0.412 e. The molecule has 5 aromatic carbocycles. The molecule has 0 saturated carbocycles. The topological polar surface area (TPSA) is 147 Å². The Balaban J connectivity index is 1.27. The van der Waals surface area contributed by atoms with Crippen LogP contribution in [-0.2, 0) is 47.0 Å². The first-order valence-electron chi connectivity index (χ1n) is 17.1. The van der Waals surface area contributed by atoms with Crippen molar-refractivity contribution >= 4 is 18.0 Å². The Hall–Kier alpha value is -6.33. The van der Waals surface area contributed by atoms with Crippen LogP contribution >= 0.6 is 0 Å². The van der Waals surface area contributed by atoms with Crippen molar-refractivity contribution in [3.8, 4) is 23.0 Å². The van der Waals surface area contributed by atoms with E-state index in [4.69, 9.17) is 29.4 Å². The zero-order valence-electron chi connectivity index (χ0n) is 29.7. The Bertz CT molecular complexity index is 1940. The fraction of sp³-hybridized carbons (Fsp3) is 0.214. The number of amides is 2. The summed E-state index contributed by atoms with van der Waals surface area (Å²) in [4.78, 5) is 38.4. The van der Waals surface area contributed by atoms with E-state index in [-0.39, 0.29) is 25.2 Å². The van der Waals surface area contributed by atoms with Crippen LogP contribution in [0.5, 0.6) is 23.0 Å². The van der Waals surface area contributed by atoms with Gasteiger partial charge in [0.05, 0.1) is 13.2 Å². The number of nitrogens with one attached hydrogen (secondary N) is 2. The van der Waals surface area contributed by atoms with Crippen molar-refractivity contribution in [2.45, 2.75) is 44.7 Å². The van der Waals surface area contributed by atoms with Crippen LogP contribution in [0.1, 0.15) is 27.8 Å². The van der Waals surface area contributed by atoms with Crippen LogP contribution < -0.4 is 35.3 Å². The van der Waals surface area contributed by atoms with Gasteiger partial charge in [0.1, 0.15) is 25.9 Å². The summed E-state index contributed by atoms with van der Waals surface area (Å²) in [5.74, 6) is 0.305. The minimum absolute atomic E-state index is 0.0269. The van der Waals surface area contributed by atoms with Crippen molar-refractivity contribution in [1.29, 1.82) is 0 Å². The molecule has 0 aliphatic carbocycles. The lowest BCUT2D eigenvalue weighted by molar-refractivity contribution is -0.145. The van der Waals surface area contributed by atoms with Gasteiger partial charge in [0.25, 0.3) is 0 Å². The molecule has 0 aromatic heterocycles. The highest BCUT2D eigenvalue weighted by molar-refractivity contribution is 5.87. The molecule has 0 saturated heterocycles. The van der Waals surface area contributed by atoms with Crippen molar-refractivity contribution in [2.75, 3.05) is 14.2 Å². The van der Waals surface area contributed by atoms with Crippen molar-refractivity contribution in [2.24, 2.45) is 5.73 Å². The number of hydrogen-bond donors (Lipinski definition) is 3. The van der Waals surface area contributed by atoms with Gasteiger partial charge in [-0.1, -0.05) is 103 Å². The second kappa shape index (κ2) is 19.3. The van der Waals surface area contributed by atoms with E-state index in [1.54, 1.807) is 24.3 Å². The van der Waals surface area contributed by atoms with Crippen LogP contribution in [0.3, 0.4) is 0 Å². The molecule has 4 N–H and O–H groups in total. The molecule has 53 heavy (non-hydrogen) atoms. The van der Waals surface area contributed by atoms with Crippen molar-refractivity contribution < 1.29 is 38.1 Å². The van der Waals surface area contributed by atoms with Crippen LogP contribution in [0.4, 0.5) is 4.79 Å². The lowest BCUT2D eigenvalue weighted by atomic mass is 10.0. The number of benzene rings is 5. The lowest BCUT2D eigenvalue weighted by Gasteiger charge is -2.21. The predicted octanol–water partition coefficient (Wildman–Crippen LogP) is 5.91. The Labute approximate surface area is 309 Å². The van der Waals surface area contributed by atoms with Gasteiger partial charge in [-0.15, -0.1) is 0 Å². The predicted molar refractivity (Wildman–Crippen MR) is 200 cm³/mol. The molecule has 2 amide bonds. The van der Waals surface area contributed by atoms with Gasteiger partial charge >= 0.3 is 12.1 Å². The first-order chi connectivity index (χ1) is 25.8. The maximum Gasteiger partial charge on any atom is 0.412 e. The summed E-state index contributed by atoms with van der Waals surface area (Å²) in [6.45, 7) is 0.907. The number of hydrogen-bond acceptors (Lipinski definition) is 9. The summed E-state index contributed by atoms with van der Waals surface area (Å²) in [5.41, 5.74) is 10.6. The molecule has 0 bridgehead atoms. The zero-order chi connectivity index (χ0) is 37.4. The first kappa shape index (κ1) is 37.9. The Morgan fingerprint density at radius 3 is 1.53 bits per heavy atom. The number of ether oxygens (including phenoxy) is 5. The van der Waals surface area contributed by atoms with Crippen LogP contribution in [0.15, 0.2) is 127 Å². The van der Waals surface area contributed by atoms with E-state index in [1.165, 1.54) is 14.2 Å². The average molecular weight is 718 g/mol. The van der Waals surface area contributed by atoms with Crippen LogP contribution in [0.2, 0.25) is 0 Å². The third-order valence-corrected chi connectivity index (χ3v) is 8.17. The van der Waals surface area contributed by atoms with Gasteiger partial charge in [0, 0.05) is 13.5 Å². The summed E-state index contributed by atoms with van der Waals surface area (Å²) in [6.07, 6.45) is -0.517. The van der Waals surface area contributed by atoms with E-state index in [0.717, 1.165) is 22.3 Å². The minimum atomic E-state index is -1.08. The second-order valence-corrected chi connectivity index (χ2v) is 12.1. The van der Waals surface area contributed by atoms with Gasteiger partial charge in [-0.05, 0) is 58.5 Å². The van der Waals surface area contributed by atoms with Crippen LogP contribution in [0, 0.1) is 0 Å². The molecule has 0 spiro atoms. The Morgan fingerprint density at radius 2 is 1.04 bits per heavy atom. The number of esters is 1. The molecule has 0 aliphatic heterocycles. The molecule has 0 radical (unpaired) electrons. The molecule has 0 aliphatic rings. The van der Waals surface area contributed by atoms with Gasteiger partial charge in [-0.2, -0.15) is 0 Å². The third kappa shape index (κ3) is 11.6.